The summed E-state index contributed by atoms with van der Waals surface area (Å²) in [5.41, 5.74) is 7.94. The van der Waals surface area contributed by atoms with Crippen LogP contribution < -0.4 is 5.73 Å². The number of nitrogens with two attached hydrogens (primary N) is 1. The summed E-state index contributed by atoms with van der Waals surface area (Å²) in [5, 5.41) is 0.502. The van der Waals surface area contributed by atoms with Crippen molar-refractivity contribution < 1.29 is 0 Å². The van der Waals surface area contributed by atoms with Gasteiger partial charge in [0, 0.05) is 11.5 Å². The minimum atomic E-state index is 0.459. The molecule has 1 heterocycles. The van der Waals surface area contributed by atoms with E-state index >= 15 is 0 Å². The summed E-state index contributed by atoms with van der Waals surface area (Å²) in [5.74, 6) is 0.459. The van der Waals surface area contributed by atoms with Crippen LogP contribution in [0.5, 0.6) is 0 Å². The van der Waals surface area contributed by atoms with Crippen LogP contribution in [0.1, 0.15) is 11.3 Å². The van der Waals surface area contributed by atoms with Gasteiger partial charge in [0.15, 0.2) is 5.15 Å². The zero-order valence-corrected chi connectivity index (χ0v) is 11.8. The van der Waals surface area contributed by atoms with Crippen LogP contribution >= 0.6 is 27.5 Å². The van der Waals surface area contributed by atoms with Gasteiger partial charge in [0.05, 0.1) is 5.69 Å². The number of benzene rings is 1. The first-order valence-electron chi connectivity index (χ1n) is 5.29. The fraction of sp³-hybridized carbons (Fsp3) is 0.250. The van der Waals surface area contributed by atoms with Crippen molar-refractivity contribution in [3.05, 3.63) is 45.1 Å². The summed E-state index contributed by atoms with van der Waals surface area (Å²) in [4.78, 5) is 4.04. The van der Waals surface area contributed by atoms with E-state index in [-0.39, 0.29) is 0 Å². The molecule has 0 aliphatic carbocycles. The molecular formula is C12H13BrClN3. The lowest BCUT2D eigenvalue weighted by Crippen LogP contribution is -2.02. The first-order valence-corrected chi connectivity index (χ1v) is 6.46. The molecule has 0 unspecified atom stereocenters. The molecule has 2 N–H and O–H groups in total. The lowest BCUT2D eigenvalue weighted by Gasteiger charge is -2.04. The minimum absolute atomic E-state index is 0.459. The van der Waals surface area contributed by atoms with Crippen molar-refractivity contribution in [2.45, 2.75) is 12.8 Å². The van der Waals surface area contributed by atoms with Crippen molar-refractivity contribution in [2.75, 3.05) is 5.73 Å². The van der Waals surface area contributed by atoms with Gasteiger partial charge in [-0.15, -0.1) is 0 Å². The van der Waals surface area contributed by atoms with Gasteiger partial charge in [0.25, 0.3) is 0 Å². The van der Waals surface area contributed by atoms with Gasteiger partial charge >= 0.3 is 0 Å². The second-order valence-corrected chi connectivity index (χ2v) is 5.17. The molecule has 0 bridgehead atoms. The fourth-order valence-corrected chi connectivity index (χ4v) is 2.27. The number of aryl methyl sites for hydroxylation is 1. The quantitative estimate of drug-likeness (QED) is 0.945. The normalized spacial score (nSPS) is 10.8. The summed E-state index contributed by atoms with van der Waals surface area (Å²) in [6, 6.07) is 8.26. The molecule has 2 aromatic rings. The standard InChI is InChI=1S/C12H13BrClN3/c1-17-10(11(14)16-12(17)15)7-4-8-2-5-9(13)6-3-8/h2-3,5-6H,4,7H2,1H3,(H2,15,16). The molecule has 0 spiro atoms. The lowest BCUT2D eigenvalue weighted by molar-refractivity contribution is 0.807. The number of imidazole rings is 1. The van der Waals surface area contributed by atoms with Crippen molar-refractivity contribution in [3.63, 3.8) is 0 Å². The third kappa shape index (κ3) is 2.82. The van der Waals surface area contributed by atoms with Gasteiger partial charge in [0.1, 0.15) is 0 Å². The largest absolute Gasteiger partial charge is 0.369 e. The molecule has 2 rings (SSSR count). The molecule has 0 saturated carbocycles. The van der Waals surface area contributed by atoms with E-state index in [0.717, 1.165) is 23.0 Å². The monoisotopic (exact) mass is 313 g/mol. The van der Waals surface area contributed by atoms with Gasteiger partial charge in [-0.05, 0) is 30.5 Å². The average molecular weight is 315 g/mol. The fourth-order valence-electron chi connectivity index (χ4n) is 1.70. The van der Waals surface area contributed by atoms with Crippen LogP contribution in [0, 0.1) is 0 Å². The second kappa shape index (κ2) is 5.10. The Morgan fingerprint density at radius 1 is 1.29 bits per heavy atom. The molecule has 0 aliphatic rings. The molecule has 3 nitrogen and oxygen atoms in total. The van der Waals surface area contributed by atoms with E-state index in [9.17, 15) is 0 Å². The van der Waals surface area contributed by atoms with Crippen LogP contribution in [0.2, 0.25) is 5.15 Å². The number of hydrogen-bond donors (Lipinski definition) is 1. The zero-order valence-electron chi connectivity index (χ0n) is 9.45. The molecule has 0 fully saturated rings. The number of nitrogen functional groups attached to an aromatic ring is 1. The van der Waals surface area contributed by atoms with E-state index in [4.69, 9.17) is 17.3 Å². The SMILES string of the molecule is Cn1c(N)nc(Cl)c1CCc1ccc(Br)cc1. The smallest absolute Gasteiger partial charge is 0.201 e. The molecule has 0 aliphatic heterocycles. The van der Waals surface area contributed by atoms with Gasteiger partial charge in [0.2, 0.25) is 5.95 Å². The van der Waals surface area contributed by atoms with E-state index in [1.165, 1.54) is 5.56 Å². The topological polar surface area (TPSA) is 43.8 Å². The number of aromatic nitrogens is 2. The summed E-state index contributed by atoms with van der Waals surface area (Å²) < 4.78 is 2.92. The van der Waals surface area contributed by atoms with Crippen molar-refractivity contribution in [3.8, 4) is 0 Å². The molecule has 0 saturated heterocycles. The Morgan fingerprint density at radius 2 is 1.94 bits per heavy atom. The van der Waals surface area contributed by atoms with Crippen molar-refractivity contribution in [1.29, 1.82) is 0 Å². The van der Waals surface area contributed by atoms with E-state index in [1.54, 1.807) is 0 Å². The van der Waals surface area contributed by atoms with E-state index in [1.807, 2.05) is 23.7 Å². The van der Waals surface area contributed by atoms with Crippen molar-refractivity contribution in [2.24, 2.45) is 7.05 Å². The molecule has 0 atom stereocenters. The van der Waals surface area contributed by atoms with Crippen LogP contribution in [0.15, 0.2) is 28.7 Å². The molecular weight excluding hydrogens is 302 g/mol. The molecule has 0 radical (unpaired) electrons. The minimum Gasteiger partial charge on any atom is -0.369 e. The predicted molar refractivity (Wildman–Crippen MR) is 74.2 cm³/mol. The van der Waals surface area contributed by atoms with Crippen LogP contribution in [0.4, 0.5) is 5.95 Å². The maximum Gasteiger partial charge on any atom is 0.201 e. The molecule has 5 heteroatoms. The maximum atomic E-state index is 6.02. The Balaban J connectivity index is 2.09. The van der Waals surface area contributed by atoms with Crippen LogP contribution in [0.3, 0.4) is 0 Å². The average Bonchev–Trinajstić information content (AvgIpc) is 2.54. The molecule has 1 aromatic carbocycles. The highest BCUT2D eigenvalue weighted by Gasteiger charge is 2.10. The van der Waals surface area contributed by atoms with Crippen LogP contribution in [0.25, 0.3) is 0 Å². The van der Waals surface area contributed by atoms with Crippen molar-refractivity contribution in [1.82, 2.24) is 9.55 Å². The Kier molecular flexibility index (Phi) is 3.74. The van der Waals surface area contributed by atoms with E-state index in [2.05, 4.69) is 33.0 Å². The predicted octanol–water partition coefficient (Wildman–Crippen LogP) is 3.20. The first-order chi connectivity index (χ1) is 8.08. The van der Waals surface area contributed by atoms with Gasteiger partial charge in [-0.1, -0.05) is 39.7 Å². The van der Waals surface area contributed by atoms with Gasteiger partial charge in [-0.3, -0.25) is 0 Å². The highest BCUT2D eigenvalue weighted by atomic mass is 79.9. The highest BCUT2D eigenvalue weighted by molar-refractivity contribution is 9.10. The Bertz CT molecular complexity index is 519. The first kappa shape index (κ1) is 12.5. The highest BCUT2D eigenvalue weighted by Crippen LogP contribution is 2.20. The van der Waals surface area contributed by atoms with Gasteiger partial charge in [-0.25, -0.2) is 4.98 Å². The maximum absolute atomic E-state index is 6.02. The Hall–Kier alpha value is -1.00. The van der Waals surface area contributed by atoms with E-state index in [0.29, 0.717) is 11.1 Å². The zero-order chi connectivity index (χ0) is 12.4. The number of hydrogen-bond acceptors (Lipinski definition) is 2. The second-order valence-electron chi connectivity index (χ2n) is 3.89. The van der Waals surface area contributed by atoms with Gasteiger partial charge < -0.3 is 10.3 Å². The van der Waals surface area contributed by atoms with Crippen LogP contribution in [-0.4, -0.2) is 9.55 Å². The summed E-state index contributed by atoms with van der Waals surface area (Å²) >= 11 is 9.44. The number of halogens is 2. The molecule has 1 aromatic heterocycles. The number of anilines is 1. The molecule has 90 valence electrons. The van der Waals surface area contributed by atoms with Gasteiger partial charge in [-0.2, -0.15) is 0 Å². The van der Waals surface area contributed by atoms with Crippen molar-refractivity contribution >= 4 is 33.5 Å². The summed E-state index contributed by atoms with van der Waals surface area (Å²) in [6.07, 6.45) is 1.76. The number of nitrogens with zero attached hydrogens (tertiary/aromatic N) is 2. The third-order valence-corrected chi connectivity index (χ3v) is 3.59. The Labute approximate surface area is 114 Å². The van der Waals surface area contributed by atoms with E-state index < -0.39 is 0 Å². The molecule has 0 amide bonds. The summed E-state index contributed by atoms with van der Waals surface area (Å²) in [6.45, 7) is 0. The summed E-state index contributed by atoms with van der Waals surface area (Å²) in [7, 11) is 1.88. The molecule has 17 heavy (non-hydrogen) atoms. The number of rotatable bonds is 3. The third-order valence-electron chi connectivity index (χ3n) is 2.76. The van der Waals surface area contributed by atoms with Crippen LogP contribution in [-0.2, 0) is 19.9 Å². The Morgan fingerprint density at radius 3 is 2.47 bits per heavy atom. The lowest BCUT2D eigenvalue weighted by atomic mass is 10.1.